The van der Waals surface area contributed by atoms with E-state index < -0.39 is 11.6 Å². The van der Waals surface area contributed by atoms with Gasteiger partial charge in [-0.25, -0.2) is 4.79 Å². The van der Waals surface area contributed by atoms with Crippen molar-refractivity contribution in [1.29, 1.82) is 0 Å². The highest BCUT2D eigenvalue weighted by Crippen LogP contribution is 2.24. The number of carbonyl (C=O) groups is 1. The van der Waals surface area contributed by atoms with Crippen LogP contribution in [0.15, 0.2) is 0 Å². The van der Waals surface area contributed by atoms with Gasteiger partial charge in [0, 0.05) is 0 Å². The van der Waals surface area contributed by atoms with Crippen molar-refractivity contribution in [3.05, 3.63) is 0 Å². The third kappa shape index (κ3) is 4.52. The molecule has 0 aliphatic heterocycles. The lowest BCUT2D eigenvalue weighted by atomic mass is 9.89. The third-order valence-corrected chi connectivity index (χ3v) is 3.58. The summed E-state index contributed by atoms with van der Waals surface area (Å²) in [6.45, 7) is 0. The van der Waals surface area contributed by atoms with E-state index in [-0.39, 0.29) is 0 Å². The zero-order valence-electron chi connectivity index (χ0n) is 10.1. The molecular formula is C13H24O3. The summed E-state index contributed by atoms with van der Waals surface area (Å²) in [7, 11) is 0. The van der Waals surface area contributed by atoms with Gasteiger partial charge in [-0.05, 0) is 25.7 Å². The highest BCUT2D eigenvalue weighted by Gasteiger charge is 2.34. The van der Waals surface area contributed by atoms with Gasteiger partial charge in [-0.3, -0.25) is 0 Å². The van der Waals surface area contributed by atoms with E-state index in [1.54, 1.807) is 0 Å². The molecular weight excluding hydrogens is 204 g/mol. The van der Waals surface area contributed by atoms with Crippen molar-refractivity contribution >= 4 is 5.97 Å². The minimum Gasteiger partial charge on any atom is -0.479 e. The second-order valence-electron chi connectivity index (χ2n) is 5.02. The molecule has 1 fully saturated rings. The lowest BCUT2D eigenvalue weighted by Crippen LogP contribution is -2.38. The maximum atomic E-state index is 11.0. The number of hydrogen-bond acceptors (Lipinski definition) is 2. The lowest BCUT2D eigenvalue weighted by Gasteiger charge is -2.23. The minimum absolute atomic E-state index is 0.419. The summed E-state index contributed by atoms with van der Waals surface area (Å²) in [5.74, 6) is -1.04. The van der Waals surface area contributed by atoms with E-state index in [0.29, 0.717) is 12.8 Å². The molecule has 1 saturated carbocycles. The van der Waals surface area contributed by atoms with Crippen LogP contribution in [0.2, 0.25) is 0 Å². The van der Waals surface area contributed by atoms with Crippen molar-refractivity contribution in [1.82, 2.24) is 0 Å². The maximum Gasteiger partial charge on any atom is 0.335 e. The van der Waals surface area contributed by atoms with E-state index in [1.165, 1.54) is 32.1 Å². The Labute approximate surface area is 97.9 Å². The Morgan fingerprint density at radius 3 is 1.38 bits per heavy atom. The summed E-state index contributed by atoms with van der Waals surface area (Å²) in [6, 6.07) is 0. The molecule has 1 aliphatic rings. The molecule has 3 nitrogen and oxygen atoms in total. The molecule has 0 atom stereocenters. The molecule has 0 aromatic heterocycles. The molecule has 1 aliphatic carbocycles. The van der Waals surface area contributed by atoms with Crippen LogP contribution in [-0.2, 0) is 4.79 Å². The first-order valence-electron chi connectivity index (χ1n) is 6.61. The van der Waals surface area contributed by atoms with E-state index in [2.05, 4.69) is 0 Å². The fraction of sp³-hybridized carbons (Fsp3) is 0.923. The van der Waals surface area contributed by atoms with Crippen LogP contribution in [0.5, 0.6) is 0 Å². The predicted molar refractivity (Wildman–Crippen MR) is 63.4 cm³/mol. The van der Waals surface area contributed by atoms with Crippen molar-refractivity contribution in [3.63, 3.8) is 0 Å². The maximum absolute atomic E-state index is 11.0. The van der Waals surface area contributed by atoms with E-state index >= 15 is 0 Å². The molecule has 2 N–H and O–H groups in total. The van der Waals surface area contributed by atoms with Crippen LogP contribution in [0.3, 0.4) is 0 Å². The zero-order valence-corrected chi connectivity index (χ0v) is 10.1. The highest BCUT2D eigenvalue weighted by molar-refractivity contribution is 5.76. The Kier molecular flexibility index (Phi) is 5.81. The SMILES string of the molecule is O=C(O)C1(O)CCCCCCCCCCC1. The molecule has 0 unspecified atom stereocenters. The van der Waals surface area contributed by atoms with Crippen molar-refractivity contribution in [2.45, 2.75) is 76.2 Å². The first-order valence-corrected chi connectivity index (χ1v) is 6.61. The first kappa shape index (κ1) is 13.5. The van der Waals surface area contributed by atoms with Gasteiger partial charge in [0.2, 0.25) is 0 Å². The van der Waals surface area contributed by atoms with Gasteiger partial charge in [-0.2, -0.15) is 0 Å². The second kappa shape index (κ2) is 6.89. The predicted octanol–water partition coefficient (Wildman–Crippen LogP) is 3.11. The molecule has 3 heteroatoms. The standard InChI is InChI=1S/C13H24O3/c14-12(15)13(16)10-8-6-4-2-1-3-5-7-9-11-13/h16H,1-11H2,(H,14,15). The molecule has 0 saturated heterocycles. The summed E-state index contributed by atoms with van der Waals surface area (Å²) in [4.78, 5) is 11.0. The fourth-order valence-electron chi connectivity index (χ4n) is 2.41. The van der Waals surface area contributed by atoms with Crippen LogP contribution in [-0.4, -0.2) is 21.8 Å². The molecule has 16 heavy (non-hydrogen) atoms. The molecule has 1 rings (SSSR count). The molecule has 0 amide bonds. The molecule has 0 spiro atoms. The van der Waals surface area contributed by atoms with Crippen LogP contribution in [0, 0.1) is 0 Å². The lowest BCUT2D eigenvalue weighted by molar-refractivity contribution is -0.160. The van der Waals surface area contributed by atoms with Crippen LogP contribution in [0.1, 0.15) is 70.6 Å². The quantitative estimate of drug-likeness (QED) is 0.725. The average molecular weight is 228 g/mol. The Morgan fingerprint density at radius 2 is 1.06 bits per heavy atom. The topological polar surface area (TPSA) is 57.5 Å². The van der Waals surface area contributed by atoms with E-state index in [0.717, 1.165) is 25.7 Å². The molecule has 0 radical (unpaired) electrons. The second-order valence-corrected chi connectivity index (χ2v) is 5.02. The smallest absolute Gasteiger partial charge is 0.335 e. The van der Waals surface area contributed by atoms with Crippen molar-refractivity contribution in [3.8, 4) is 0 Å². The van der Waals surface area contributed by atoms with Gasteiger partial charge >= 0.3 is 5.97 Å². The van der Waals surface area contributed by atoms with Crippen LogP contribution < -0.4 is 0 Å². The van der Waals surface area contributed by atoms with Crippen molar-refractivity contribution in [2.24, 2.45) is 0 Å². The number of carboxylic acid groups (broad SMARTS) is 1. The minimum atomic E-state index is -1.46. The van der Waals surface area contributed by atoms with E-state index in [4.69, 9.17) is 5.11 Å². The van der Waals surface area contributed by atoms with Crippen molar-refractivity contribution in [2.75, 3.05) is 0 Å². The Hall–Kier alpha value is -0.570. The van der Waals surface area contributed by atoms with Gasteiger partial charge < -0.3 is 10.2 Å². The zero-order chi connectivity index (χ0) is 11.9. The normalized spacial score (nSPS) is 24.1. The molecule has 0 bridgehead atoms. The van der Waals surface area contributed by atoms with Gasteiger partial charge in [0.1, 0.15) is 0 Å². The van der Waals surface area contributed by atoms with Gasteiger partial charge in [0.25, 0.3) is 0 Å². The summed E-state index contributed by atoms with van der Waals surface area (Å²) in [5.41, 5.74) is -1.46. The van der Waals surface area contributed by atoms with E-state index in [1.807, 2.05) is 0 Å². The number of aliphatic hydroxyl groups is 1. The molecule has 0 aromatic rings. The van der Waals surface area contributed by atoms with Crippen molar-refractivity contribution < 1.29 is 15.0 Å². The Bertz CT molecular complexity index is 201. The number of carboxylic acids is 1. The Morgan fingerprint density at radius 1 is 0.750 bits per heavy atom. The molecule has 94 valence electrons. The van der Waals surface area contributed by atoms with Crippen LogP contribution in [0.4, 0.5) is 0 Å². The summed E-state index contributed by atoms with van der Waals surface area (Å²) in [6.07, 6.45) is 10.8. The van der Waals surface area contributed by atoms with Gasteiger partial charge in [0.05, 0.1) is 0 Å². The number of hydrogen-bond donors (Lipinski definition) is 2. The van der Waals surface area contributed by atoms with Gasteiger partial charge in [-0.15, -0.1) is 0 Å². The monoisotopic (exact) mass is 228 g/mol. The Balaban J connectivity index is 2.45. The molecule has 0 aromatic carbocycles. The highest BCUT2D eigenvalue weighted by atomic mass is 16.4. The molecule has 0 heterocycles. The fourth-order valence-corrected chi connectivity index (χ4v) is 2.41. The summed E-state index contributed by atoms with van der Waals surface area (Å²) in [5, 5.41) is 19.1. The van der Waals surface area contributed by atoms with Crippen LogP contribution in [0.25, 0.3) is 0 Å². The van der Waals surface area contributed by atoms with Gasteiger partial charge in [0.15, 0.2) is 5.60 Å². The number of aliphatic carboxylic acids is 1. The third-order valence-electron chi connectivity index (χ3n) is 3.58. The van der Waals surface area contributed by atoms with E-state index in [9.17, 15) is 9.90 Å². The summed E-state index contributed by atoms with van der Waals surface area (Å²) < 4.78 is 0. The average Bonchev–Trinajstić information content (AvgIpc) is 2.23. The van der Waals surface area contributed by atoms with Gasteiger partial charge in [-0.1, -0.05) is 44.9 Å². The largest absolute Gasteiger partial charge is 0.479 e. The van der Waals surface area contributed by atoms with Crippen LogP contribution >= 0.6 is 0 Å². The summed E-state index contributed by atoms with van der Waals surface area (Å²) >= 11 is 0. The first-order chi connectivity index (χ1) is 7.65. The number of rotatable bonds is 1.